The molecule has 0 bridgehead atoms. The highest BCUT2D eigenvalue weighted by Crippen LogP contribution is 2.24. The van der Waals surface area contributed by atoms with Crippen molar-refractivity contribution in [3.05, 3.63) is 46.7 Å². The Balaban J connectivity index is 1.70. The summed E-state index contributed by atoms with van der Waals surface area (Å²) < 4.78 is 1.83. The molecule has 2 heterocycles. The zero-order valence-corrected chi connectivity index (χ0v) is 16.2. The first-order chi connectivity index (χ1) is 12.6. The maximum absolute atomic E-state index is 12.7. The standard InChI is InChI=1S/C20H27ClN4O/c1-14(2)19-18(13-24-25(19)17-7-5-16(21)6-8-17)20(26)23-11-9-15-4-3-10-22-12-15/h5-8,13-15,22H,3-4,9-12H2,1-2H3,(H,23,26). The maximum Gasteiger partial charge on any atom is 0.254 e. The fourth-order valence-corrected chi connectivity index (χ4v) is 3.66. The van der Waals surface area contributed by atoms with Crippen molar-refractivity contribution in [2.45, 2.75) is 39.0 Å². The quantitative estimate of drug-likeness (QED) is 0.809. The van der Waals surface area contributed by atoms with Gasteiger partial charge in [0, 0.05) is 11.6 Å². The van der Waals surface area contributed by atoms with Crippen LogP contribution in [-0.2, 0) is 0 Å². The summed E-state index contributed by atoms with van der Waals surface area (Å²) in [5.74, 6) is 0.791. The Labute approximate surface area is 160 Å². The number of hydrogen-bond donors (Lipinski definition) is 2. The number of aromatic nitrogens is 2. The molecule has 1 aromatic carbocycles. The molecule has 3 rings (SSSR count). The van der Waals surface area contributed by atoms with Crippen LogP contribution < -0.4 is 10.6 Å². The molecule has 0 saturated carbocycles. The second-order valence-corrected chi connectivity index (χ2v) is 7.68. The van der Waals surface area contributed by atoms with Crippen LogP contribution in [0.1, 0.15) is 55.1 Å². The van der Waals surface area contributed by atoms with Gasteiger partial charge in [-0.3, -0.25) is 4.79 Å². The van der Waals surface area contributed by atoms with Gasteiger partial charge in [-0.25, -0.2) is 4.68 Å². The van der Waals surface area contributed by atoms with Crippen LogP contribution in [0.4, 0.5) is 0 Å². The van der Waals surface area contributed by atoms with Gasteiger partial charge in [0.15, 0.2) is 0 Å². The Morgan fingerprint density at radius 1 is 1.38 bits per heavy atom. The average molecular weight is 375 g/mol. The molecular weight excluding hydrogens is 348 g/mol. The Morgan fingerprint density at radius 3 is 2.81 bits per heavy atom. The molecule has 1 amide bonds. The molecule has 26 heavy (non-hydrogen) atoms. The molecule has 0 radical (unpaired) electrons. The van der Waals surface area contributed by atoms with Crippen LogP contribution in [0.15, 0.2) is 30.5 Å². The predicted octanol–water partition coefficient (Wildman–Crippen LogP) is 3.77. The molecule has 0 spiro atoms. The molecule has 0 aliphatic carbocycles. The highest BCUT2D eigenvalue weighted by atomic mass is 35.5. The number of nitrogens with zero attached hydrogens (tertiary/aromatic N) is 2. The molecule has 1 aliphatic rings. The number of halogens is 1. The molecule has 2 aromatic rings. The van der Waals surface area contributed by atoms with E-state index in [2.05, 4.69) is 29.6 Å². The molecule has 2 N–H and O–H groups in total. The van der Waals surface area contributed by atoms with Crippen molar-refractivity contribution in [2.75, 3.05) is 19.6 Å². The van der Waals surface area contributed by atoms with E-state index in [0.717, 1.165) is 30.9 Å². The Kier molecular flexibility index (Phi) is 6.33. The first-order valence-corrected chi connectivity index (χ1v) is 9.77. The van der Waals surface area contributed by atoms with Gasteiger partial charge in [-0.2, -0.15) is 5.10 Å². The molecule has 1 unspecified atom stereocenters. The maximum atomic E-state index is 12.7. The van der Waals surface area contributed by atoms with Gasteiger partial charge < -0.3 is 10.6 Å². The second kappa shape index (κ2) is 8.69. The minimum atomic E-state index is -0.0438. The van der Waals surface area contributed by atoms with Crippen LogP contribution in [0.25, 0.3) is 5.69 Å². The minimum Gasteiger partial charge on any atom is -0.352 e. The largest absolute Gasteiger partial charge is 0.352 e. The van der Waals surface area contributed by atoms with E-state index in [1.54, 1.807) is 6.20 Å². The van der Waals surface area contributed by atoms with E-state index in [9.17, 15) is 4.79 Å². The monoisotopic (exact) mass is 374 g/mol. The lowest BCUT2D eigenvalue weighted by atomic mass is 9.96. The number of carbonyl (C=O) groups excluding carboxylic acids is 1. The Bertz CT molecular complexity index is 733. The Hall–Kier alpha value is -1.85. The normalized spacial score (nSPS) is 17.5. The number of amides is 1. The third-order valence-corrected chi connectivity index (χ3v) is 5.16. The summed E-state index contributed by atoms with van der Waals surface area (Å²) in [4.78, 5) is 12.7. The summed E-state index contributed by atoms with van der Waals surface area (Å²) in [6.45, 7) is 7.03. The zero-order valence-electron chi connectivity index (χ0n) is 15.5. The molecule has 1 aromatic heterocycles. The lowest BCUT2D eigenvalue weighted by Crippen LogP contribution is -2.33. The summed E-state index contributed by atoms with van der Waals surface area (Å²) in [5.41, 5.74) is 2.48. The highest BCUT2D eigenvalue weighted by molar-refractivity contribution is 6.30. The van der Waals surface area contributed by atoms with Crippen molar-refractivity contribution in [3.8, 4) is 5.69 Å². The van der Waals surface area contributed by atoms with Crippen molar-refractivity contribution in [2.24, 2.45) is 5.92 Å². The van der Waals surface area contributed by atoms with Gasteiger partial charge in [-0.05, 0) is 68.5 Å². The lowest BCUT2D eigenvalue weighted by molar-refractivity contribution is 0.0949. The molecule has 1 fully saturated rings. The predicted molar refractivity (Wildman–Crippen MR) is 105 cm³/mol. The average Bonchev–Trinajstić information content (AvgIpc) is 3.08. The van der Waals surface area contributed by atoms with Gasteiger partial charge in [0.2, 0.25) is 0 Å². The van der Waals surface area contributed by atoms with Gasteiger partial charge >= 0.3 is 0 Å². The van der Waals surface area contributed by atoms with E-state index >= 15 is 0 Å². The molecule has 1 saturated heterocycles. The van der Waals surface area contributed by atoms with E-state index in [1.807, 2.05) is 28.9 Å². The van der Waals surface area contributed by atoms with Gasteiger partial charge in [0.05, 0.1) is 23.1 Å². The molecule has 1 atom stereocenters. The van der Waals surface area contributed by atoms with Gasteiger partial charge in [-0.15, -0.1) is 0 Å². The molecule has 140 valence electrons. The van der Waals surface area contributed by atoms with E-state index in [4.69, 9.17) is 11.6 Å². The van der Waals surface area contributed by atoms with Crippen LogP contribution >= 0.6 is 11.6 Å². The molecule has 1 aliphatic heterocycles. The number of carbonyl (C=O) groups is 1. The van der Waals surface area contributed by atoms with Crippen molar-refractivity contribution in [1.29, 1.82) is 0 Å². The van der Waals surface area contributed by atoms with Crippen LogP contribution in [-0.4, -0.2) is 35.3 Å². The number of rotatable bonds is 6. The fraction of sp³-hybridized carbons (Fsp3) is 0.500. The van der Waals surface area contributed by atoms with Gasteiger partial charge in [-0.1, -0.05) is 25.4 Å². The SMILES string of the molecule is CC(C)c1c(C(=O)NCCC2CCCNC2)cnn1-c1ccc(Cl)cc1. The van der Waals surface area contributed by atoms with E-state index in [1.165, 1.54) is 12.8 Å². The fourth-order valence-electron chi connectivity index (χ4n) is 3.53. The second-order valence-electron chi connectivity index (χ2n) is 7.24. The smallest absolute Gasteiger partial charge is 0.254 e. The molecule has 5 nitrogen and oxygen atoms in total. The summed E-state index contributed by atoms with van der Waals surface area (Å²) in [6.07, 6.45) is 5.15. The summed E-state index contributed by atoms with van der Waals surface area (Å²) in [6, 6.07) is 7.50. The minimum absolute atomic E-state index is 0.0438. The number of hydrogen-bond acceptors (Lipinski definition) is 3. The summed E-state index contributed by atoms with van der Waals surface area (Å²) in [7, 11) is 0. The van der Waals surface area contributed by atoms with E-state index in [-0.39, 0.29) is 11.8 Å². The number of piperidine rings is 1. The lowest BCUT2D eigenvalue weighted by Gasteiger charge is -2.22. The zero-order chi connectivity index (χ0) is 18.5. The van der Waals surface area contributed by atoms with Crippen molar-refractivity contribution < 1.29 is 4.79 Å². The van der Waals surface area contributed by atoms with Crippen LogP contribution in [0, 0.1) is 5.92 Å². The first kappa shape index (κ1) is 18.9. The van der Waals surface area contributed by atoms with Crippen LogP contribution in [0.2, 0.25) is 5.02 Å². The van der Waals surface area contributed by atoms with Crippen LogP contribution in [0.3, 0.4) is 0 Å². The third-order valence-electron chi connectivity index (χ3n) is 4.91. The summed E-state index contributed by atoms with van der Waals surface area (Å²) in [5, 5.41) is 11.6. The Morgan fingerprint density at radius 2 is 2.15 bits per heavy atom. The number of benzene rings is 1. The van der Waals surface area contributed by atoms with Crippen molar-refractivity contribution in [1.82, 2.24) is 20.4 Å². The van der Waals surface area contributed by atoms with E-state index in [0.29, 0.717) is 23.0 Å². The molecule has 6 heteroatoms. The third kappa shape index (κ3) is 4.46. The highest BCUT2D eigenvalue weighted by Gasteiger charge is 2.21. The van der Waals surface area contributed by atoms with E-state index < -0.39 is 0 Å². The van der Waals surface area contributed by atoms with Gasteiger partial charge in [0.25, 0.3) is 5.91 Å². The van der Waals surface area contributed by atoms with Crippen LogP contribution in [0.5, 0.6) is 0 Å². The van der Waals surface area contributed by atoms with Crippen molar-refractivity contribution in [3.63, 3.8) is 0 Å². The van der Waals surface area contributed by atoms with Gasteiger partial charge in [0.1, 0.15) is 0 Å². The van der Waals surface area contributed by atoms with Crippen molar-refractivity contribution >= 4 is 17.5 Å². The molecular formula is C20H27ClN4O. The number of nitrogens with one attached hydrogen (secondary N) is 2. The topological polar surface area (TPSA) is 59.0 Å². The summed E-state index contributed by atoms with van der Waals surface area (Å²) >= 11 is 5.98. The first-order valence-electron chi connectivity index (χ1n) is 9.39.